The highest BCUT2D eigenvalue weighted by Gasteiger charge is 2.33. The first-order chi connectivity index (χ1) is 14.0. The Bertz CT molecular complexity index is 1070. The van der Waals surface area contributed by atoms with Crippen LogP contribution in [-0.4, -0.2) is 29.5 Å². The molecule has 7 heteroatoms. The lowest BCUT2D eigenvalue weighted by Crippen LogP contribution is -2.12. The fraction of sp³-hybridized carbons (Fsp3) is 0.182. The molecule has 0 saturated carbocycles. The van der Waals surface area contributed by atoms with E-state index in [1.165, 1.54) is 11.8 Å². The maximum atomic E-state index is 12.5. The summed E-state index contributed by atoms with van der Waals surface area (Å²) in [4.78, 5) is 17.6. The number of carbonyl (C=O) groups is 1. The molecule has 2 aromatic rings. The number of carbonyl (C=O) groups excluding carboxylic acids is 1. The van der Waals surface area contributed by atoms with E-state index in [0.717, 1.165) is 11.1 Å². The third-order valence-electron chi connectivity index (χ3n) is 4.30. The van der Waals surface area contributed by atoms with E-state index < -0.39 is 5.97 Å². The van der Waals surface area contributed by atoms with Gasteiger partial charge in [-0.2, -0.15) is 0 Å². The van der Waals surface area contributed by atoms with Crippen molar-refractivity contribution in [3.05, 3.63) is 69.8 Å². The van der Waals surface area contributed by atoms with Crippen molar-refractivity contribution in [2.45, 2.75) is 13.8 Å². The van der Waals surface area contributed by atoms with Gasteiger partial charge in [-0.05, 0) is 55.3 Å². The number of aliphatic imine (C=N–C) groups is 1. The zero-order valence-electron chi connectivity index (χ0n) is 16.0. The highest BCUT2D eigenvalue weighted by molar-refractivity contribution is 8.18. The van der Waals surface area contributed by atoms with Crippen molar-refractivity contribution in [2.24, 2.45) is 4.99 Å². The topological polar surface area (TPSA) is 77.4 Å². The lowest BCUT2D eigenvalue weighted by Gasteiger charge is -2.04. The van der Waals surface area contributed by atoms with E-state index in [2.05, 4.69) is 4.99 Å². The van der Waals surface area contributed by atoms with Crippen LogP contribution >= 0.6 is 11.8 Å². The molecule has 1 N–H and O–H groups in total. The molecular weight excluding hydrogens is 390 g/mol. The summed E-state index contributed by atoms with van der Waals surface area (Å²) in [5, 5.41) is 11.2. The summed E-state index contributed by atoms with van der Waals surface area (Å²) < 4.78 is 15.9. The molecule has 0 unspecified atom stereocenters. The zero-order valence-corrected chi connectivity index (χ0v) is 16.8. The molecule has 6 nitrogen and oxygen atoms in total. The smallest absolute Gasteiger partial charge is 0.344 e. The van der Waals surface area contributed by atoms with Gasteiger partial charge in [0.1, 0.15) is 16.4 Å². The van der Waals surface area contributed by atoms with Gasteiger partial charge in [0, 0.05) is 0 Å². The summed E-state index contributed by atoms with van der Waals surface area (Å²) in [6, 6.07) is 13.1. The van der Waals surface area contributed by atoms with E-state index in [4.69, 9.17) is 14.2 Å². The number of rotatable bonds is 4. The van der Waals surface area contributed by atoms with Crippen molar-refractivity contribution in [1.82, 2.24) is 0 Å². The van der Waals surface area contributed by atoms with Gasteiger partial charge >= 0.3 is 5.97 Å². The monoisotopic (exact) mass is 409 g/mol. The maximum Gasteiger partial charge on any atom is 0.344 e. The molecule has 2 aromatic carbocycles. The third-order valence-corrected chi connectivity index (χ3v) is 5.32. The number of benzene rings is 2. The molecule has 0 radical (unpaired) electrons. The second-order valence-corrected chi connectivity index (χ2v) is 7.45. The van der Waals surface area contributed by atoms with Crippen molar-refractivity contribution < 1.29 is 24.1 Å². The van der Waals surface area contributed by atoms with Gasteiger partial charge in [0.25, 0.3) is 0 Å². The SMILES string of the molecule is CCOC(=O)C1=C(O)C(=Cc2ccc3c(c2)OCO3)SC1=Nc1cccc(C)c1. The van der Waals surface area contributed by atoms with Gasteiger partial charge < -0.3 is 19.3 Å². The molecule has 0 aromatic heterocycles. The molecule has 29 heavy (non-hydrogen) atoms. The normalized spacial score (nSPS) is 18.0. The molecule has 0 amide bonds. The Labute approximate surface area is 172 Å². The van der Waals surface area contributed by atoms with Crippen molar-refractivity contribution in [3.8, 4) is 11.5 Å². The maximum absolute atomic E-state index is 12.5. The number of ether oxygens (including phenoxy) is 3. The molecule has 148 valence electrons. The predicted molar refractivity (Wildman–Crippen MR) is 113 cm³/mol. The van der Waals surface area contributed by atoms with Crippen LogP contribution in [0.3, 0.4) is 0 Å². The summed E-state index contributed by atoms with van der Waals surface area (Å²) in [5.41, 5.74) is 2.64. The number of aliphatic hydroxyl groups excluding tert-OH is 1. The molecule has 0 bridgehead atoms. The molecule has 2 aliphatic rings. The van der Waals surface area contributed by atoms with E-state index in [-0.39, 0.29) is 24.7 Å². The highest BCUT2D eigenvalue weighted by atomic mass is 32.2. The van der Waals surface area contributed by atoms with E-state index in [1.54, 1.807) is 13.0 Å². The minimum absolute atomic E-state index is 0.0744. The first-order valence-electron chi connectivity index (χ1n) is 9.11. The Kier molecular flexibility index (Phi) is 5.31. The van der Waals surface area contributed by atoms with E-state index >= 15 is 0 Å². The van der Waals surface area contributed by atoms with Crippen LogP contribution in [0.2, 0.25) is 0 Å². The minimum atomic E-state index is -0.599. The van der Waals surface area contributed by atoms with Crippen LogP contribution in [0.1, 0.15) is 18.1 Å². The lowest BCUT2D eigenvalue weighted by molar-refractivity contribution is -0.138. The molecule has 0 fully saturated rings. The number of nitrogens with zero attached hydrogens (tertiary/aromatic N) is 1. The fourth-order valence-corrected chi connectivity index (χ4v) is 4.00. The Balaban J connectivity index is 1.73. The lowest BCUT2D eigenvalue weighted by atomic mass is 10.1. The number of hydrogen-bond acceptors (Lipinski definition) is 7. The average molecular weight is 409 g/mol. The summed E-state index contributed by atoms with van der Waals surface area (Å²) >= 11 is 1.22. The van der Waals surface area contributed by atoms with Crippen LogP contribution in [0.25, 0.3) is 6.08 Å². The second-order valence-electron chi connectivity index (χ2n) is 6.42. The van der Waals surface area contributed by atoms with Gasteiger partial charge in [-0.15, -0.1) is 0 Å². The Hall–Kier alpha value is -3.19. The van der Waals surface area contributed by atoms with Crippen molar-refractivity contribution in [1.29, 1.82) is 0 Å². The van der Waals surface area contributed by atoms with Crippen LogP contribution in [0.15, 0.2) is 63.7 Å². The van der Waals surface area contributed by atoms with Gasteiger partial charge in [-0.3, -0.25) is 0 Å². The predicted octanol–water partition coefficient (Wildman–Crippen LogP) is 4.92. The summed E-state index contributed by atoms with van der Waals surface area (Å²) in [6.45, 7) is 4.09. The van der Waals surface area contributed by atoms with Crippen LogP contribution in [0.5, 0.6) is 11.5 Å². The van der Waals surface area contributed by atoms with E-state index in [0.29, 0.717) is 27.1 Å². The number of esters is 1. The number of fused-ring (bicyclic) bond motifs is 1. The van der Waals surface area contributed by atoms with Crippen LogP contribution < -0.4 is 9.47 Å². The van der Waals surface area contributed by atoms with Gasteiger partial charge in [-0.1, -0.05) is 30.0 Å². The molecule has 0 saturated heterocycles. The molecule has 2 aliphatic heterocycles. The van der Waals surface area contributed by atoms with Crippen molar-refractivity contribution in [3.63, 3.8) is 0 Å². The Morgan fingerprint density at radius 1 is 1.24 bits per heavy atom. The van der Waals surface area contributed by atoms with Crippen LogP contribution in [-0.2, 0) is 9.53 Å². The summed E-state index contributed by atoms with van der Waals surface area (Å²) in [7, 11) is 0. The van der Waals surface area contributed by atoms with Crippen LogP contribution in [0.4, 0.5) is 5.69 Å². The number of hydrogen-bond donors (Lipinski definition) is 1. The van der Waals surface area contributed by atoms with E-state index in [9.17, 15) is 9.90 Å². The molecule has 0 atom stereocenters. The van der Waals surface area contributed by atoms with Crippen LogP contribution in [0, 0.1) is 6.92 Å². The van der Waals surface area contributed by atoms with Gasteiger partial charge in [0.2, 0.25) is 6.79 Å². The largest absolute Gasteiger partial charge is 0.506 e. The molecule has 2 heterocycles. The quantitative estimate of drug-likeness (QED) is 0.723. The highest BCUT2D eigenvalue weighted by Crippen LogP contribution is 2.41. The molecular formula is C22H19NO5S. The fourth-order valence-electron chi connectivity index (χ4n) is 2.96. The van der Waals surface area contributed by atoms with Gasteiger partial charge in [0.15, 0.2) is 11.5 Å². The zero-order chi connectivity index (χ0) is 20.4. The number of thioether (sulfide) groups is 1. The number of aliphatic hydroxyl groups is 1. The van der Waals surface area contributed by atoms with Gasteiger partial charge in [-0.25, -0.2) is 9.79 Å². The summed E-state index contributed by atoms with van der Waals surface area (Å²) in [5.74, 6) is 0.584. The second kappa shape index (κ2) is 8.05. The first-order valence-corrected chi connectivity index (χ1v) is 9.92. The number of aryl methyl sites for hydroxylation is 1. The standard InChI is InChI=1S/C22H19NO5S/c1-3-26-22(25)19-20(24)18(11-14-7-8-16-17(10-14)28-12-27-16)29-21(19)23-15-6-4-5-13(2)9-15/h4-11,24H,3,12H2,1-2H3. The molecule has 0 spiro atoms. The minimum Gasteiger partial charge on any atom is -0.506 e. The van der Waals surface area contributed by atoms with Gasteiger partial charge in [0.05, 0.1) is 17.2 Å². The summed E-state index contributed by atoms with van der Waals surface area (Å²) in [6.07, 6.45) is 1.78. The Morgan fingerprint density at radius 3 is 2.86 bits per heavy atom. The van der Waals surface area contributed by atoms with Crippen molar-refractivity contribution in [2.75, 3.05) is 13.4 Å². The molecule has 0 aliphatic carbocycles. The first kappa shape index (κ1) is 19.1. The van der Waals surface area contributed by atoms with E-state index in [1.807, 2.05) is 49.4 Å². The van der Waals surface area contributed by atoms with Crippen molar-refractivity contribution >= 4 is 34.5 Å². The Morgan fingerprint density at radius 2 is 2.07 bits per heavy atom. The average Bonchev–Trinajstić information content (AvgIpc) is 3.26. The molecule has 4 rings (SSSR count). The third kappa shape index (κ3) is 4.00.